The minimum atomic E-state index is -4.04. The first kappa shape index (κ1) is 21.2. The van der Waals surface area contributed by atoms with Crippen molar-refractivity contribution < 1.29 is 27.0 Å². The van der Waals surface area contributed by atoms with Gasteiger partial charge < -0.3 is 10.2 Å². The molecule has 0 bridgehead atoms. The molecule has 0 atom stereocenters. The molecule has 1 aliphatic rings. The predicted molar refractivity (Wildman–Crippen MR) is 109 cm³/mol. The van der Waals surface area contributed by atoms with Crippen LogP contribution in [-0.4, -0.2) is 27.0 Å². The summed E-state index contributed by atoms with van der Waals surface area (Å²) in [7, 11) is -7.81. The van der Waals surface area contributed by atoms with E-state index >= 15 is 0 Å². The van der Waals surface area contributed by atoms with E-state index in [9.17, 15) is 27.0 Å². The minimum absolute atomic E-state index is 0.0580. The van der Waals surface area contributed by atoms with Gasteiger partial charge >= 0.3 is 10.2 Å². The van der Waals surface area contributed by atoms with Gasteiger partial charge in [0.15, 0.2) is 0 Å². The molecule has 156 valence electrons. The van der Waals surface area contributed by atoms with Crippen LogP contribution in [0.4, 0.5) is 5.69 Å². The fourth-order valence-electron chi connectivity index (χ4n) is 3.08. The second-order valence-electron chi connectivity index (χ2n) is 6.58. The number of aliphatic hydroxyl groups is 1. The maximum atomic E-state index is 12.0. The van der Waals surface area contributed by atoms with E-state index in [1.807, 2.05) is 4.72 Å². The summed E-state index contributed by atoms with van der Waals surface area (Å²) in [4.78, 5) is 0. The number of benzene rings is 2. The van der Waals surface area contributed by atoms with Crippen LogP contribution < -0.4 is 14.2 Å². The number of nitrogens with zero attached hydrogens (tertiary/aromatic N) is 1. The third kappa shape index (κ3) is 4.75. The summed E-state index contributed by atoms with van der Waals surface area (Å²) in [6.45, 7) is 1.72. The molecule has 12 heteroatoms. The molecule has 0 spiro atoms. The zero-order chi connectivity index (χ0) is 21.6. The Labute approximate surface area is 173 Å². The second-order valence-corrected chi connectivity index (χ2v) is 10.2. The molecule has 0 radical (unpaired) electrons. The molecule has 2 aromatic rings. The fraction of sp³-hybridized carbons (Fsp3) is 0.176. The summed E-state index contributed by atoms with van der Waals surface area (Å²) in [6, 6.07) is 7.55. The van der Waals surface area contributed by atoms with Crippen LogP contribution in [0.2, 0.25) is 5.02 Å². The topological polar surface area (TPSA) is 150 Å². The quantitative estimate of drug-likeness (QED) is 0.534. The number of sulfonamides is 1. The molecule has 1 heterocycles. The van der Waals surface area contributed by atoms with Crippen molar-refractivity contribution in [2.75, 3.05) is 4.31 Å². The van der Waals surface area contributed by atoms with Crippen LogP contribution in [0.5, 0.6) is 5.75 Å². The Morgan fingerprint density at radius 1 is 1.21 bits per heavy atom. The molecule has 0 saturated heterocycles. The average molecular weight is 460 g/mol. The summed E-state index contributed by atoms with van der Waals surface area (Å²) < 4.78 is 49.7. The lowest BCUT2D eigenvalue weighted by atomic mass is 9.97. The molecular formula is C17H18ClN3O6S2. The van der Waals surface area contributed by atoms with Crippen molar-refractivity contribution in [3.63, 3.8) is 0 Å². The van der Waals surface area contributed by atoms with Gasteiger partial charge in [-0.15, -0.1) is 0 Å². The average Bonchev–Trinajstić information content (AvgIpc) is 2.82. The lowest BCUT2D eigenvalue weighted by Crippen LogP contribution is -2.29. The molecular weight excluding hydrogens is 442 g/mol. The Kier molecular flexibility index (Phi) is 5.43. The summed E-state index contributed by atoms with van der Waals surface area (Å²) in [5.74, 6) is -1.28. The lowest BCUT2D eigenvalue weighted by molar-refractivity contribution is 0.392. The van der Waals surface area contributed by atoms with E-state index in [0.29, 0.717) is 31.6 Å². The van der Waals surface area contributed by atoms with Gasteiger partial charge in [-0.05, 0) is 59.9 Å². The highest BCUT2D eigenvalue weighted by atomic mass is 35.5. The van der Waals surface area contributed by atoms with E-state index in [4.69, 9.17) is 16.7 Å². The molecule has 0 aromatic heterocycles. The van der Waals surface area contributed by atoms with Crippen LogP contribution >= 0.6 is 11.6 Å². The van der Waals surface area contributed by atoms with Gasteiger partial charge in [-0.25, -0.2) is 22.6 Å². The van der Waals surface area contributed by atoms with Crippen molar-refractivity contribution in [3.8, 4) is 5.75 Å². The first-order chi connectivity index (χ1) is 13.4. The number of phenolic OH excluding ortho intramolecular Hbond substituents is 1. The highest BCUT2D eigenvalue weighted by molar-refractivity contribution is 7.91. The van der Waals surface area contributed by atoms with Crippen molar-refractivity contribution in [3.05, 3.63) is 69.7 Å². The standard InChI is InChI=1S/C17H18ClN3O6S2/c1-10-4-13(18)7-12(14(10)9-28(19,24)25)5-11-2-3-15(16(22)6-11)21-8-17(23)20-29(21,26)27/h2-4,6-8,20,22-23H,5,9H2,1H3,(H2,19,24,25). The van der Waals surface area contributed by atoms with Crippen LogP contribution in [0.25, 0.3) is 0 Å². The predicted octanol–water partition coefficient (Wildman–Crippen LogP) is 1.74. The smallest absolute Gasteiger partial charge is 0.330 e. The normalized spacial score (nSPS) is 15.8. The fourth-order valence-corrected chi connectivity index (χ4v) is 5.26. The molecule has 0 aliphatic carbocycles. The Balaban J connectivity index is 1.98. The molecule has 0 amide bonds. The van der Waals surface area contributed by atoms with Crippen LogP contribution in [-0.2, 0) is 32.4 Å². The largest absolute Gasteiger partial charge is 0.506 e. The van der Waals surface area contributed by atoms with Gasteiger partial charge in [0.2, 0.25) is 15.9 Å². The lowest BCUT2D eigenvalue weighted by Gasteiger charge is -2.17. The Morgan fingerprint density at radius 3 is 2.45 bits per heavy atom. The maximum Gasteiger partial charge on any atom is 0.330 e. The van der Waals surface area contributed by atoms with Crippen LogP contribution in [0.15, 0.2) is 42.4 Å². The third-order valence-corrected chi connectivity index (χ3v) is 6.48. The molecule has 2 aromatic carbocycles. The molecule has 0 unspecified atom stereocenters. The molecule has 3 rings (SSSR count). The number of hydrogen-bond acceptors (Lipinski definition) is 6. The van der Waals surface area contributed by atoms with Crippen molar-refractivity contribution in [2.45, 2.75) is 19.1 Å². The molecule has 0 saturated carbocycles. The maximum absolute atomic E-state index is 12.0. The zero-order valence-electron chi connectivity index (χ0n) is 15.1. The molecule has 0 fully saturated rings. The number of primary sulfonamides is 1. The zero-order valence-corrected chi connectivity index (χ0v) is 17.5. The number of nitrogens with two attached hydrogens (primary N) is 1. The molecule has 1 aliphatic heterocycles. The Hall–Kier alpha value is -2.47. The Bertz CT molecular complexity index is 1230. The number of aliphatic hydroxyl groups excluding tert-OH is 1. The first-order valence-corrected chi connectivity index (χ1v) is 11.7. The second kappa shape index (κ2) is 7.41. The van der Waals surface area contributed by atoms with Gasteiger partial charge in [-0.2, -0.15) is 8.42 Å². The number of halogens is 1. The number of phenols is 1. The van der Waals surface area contributed by atoms with Crippen molar-refractivity contribution in [1.29, 1.82) is 0 Å². The van der Waals surface area contributed by atoms with Crippen molar-refractivity contribution in [2.24, 2.45) is 5.14 Å². The van der Waals surface area contributed by atoms with Gasteiger partial charge in [0.1, 0.15) is 11.4 Å². The highest BCUT2D eigenvalue weighted by Gasteiger charge is 2.30. The number of aryl methyl sites for hydroxylation is 1. The van der Waals surface area contributed by atoms with Crippen LogP contribution in [0.1, 0.15) is 22.3 Å². The Morgan fingerprint density at radius 2 is 1.90 bits per heavy atom. The first-order valence-electron chi connectivity index (χ1n) is 8.19. The summed E-state index contributed by atoms with van der Waals surface area (Å²) in [5, 5.41) is 25.3. The highest BCUT2D eigenvalue weighted by Crippen LogP contribution is 2.33. The third-order valence-electron chi connectivity index (χ3n) is 4.28. The van der Waals surface area contributed by atoms with E-state index in [2.05, 4.69) is 0 Å². The summed E-state index contributed by atoms with van der Waals surface area (Å²) >= 11 is 6.11. The van der Waals surface area contributed by atoms with E-state index in [0.717, 1.165) is 6.20 Å². The number of rotatable bonds is 5. The molecule has 5 N–H and O–H groups in total. The van der Waals surface area contributed by atoms with E-state index in [1.165, 1.54) is 12.1 Å². The van der Waals surface area contributed by atoms with Gasteiger partial charge in [0.25, 0.3) is 0 Å². The molecule has 9 nitrogen and oxygen atoms in total. The molecule has 29 heavy (non-hydrogen) atoms. The van der Waals surface area contributed by atoms with Crippen molar-refractivity contribution >= 4 is 37.5 Å². The number of aromatic hydroxyl groups is 1. The van der Waals surface area contributed by atoms with Gasteiger partial charge in [-0.1, -0.05) is 17.7 Å². The van der Waals surface area contributed by atoms with E-state index in [1.54, 1.807) is 25.1 Å². The van der Waals surface area contributed by atoms with Crippen molar-refractivity contribution in [1.82, 2.24) is 4.72 Å². The minimum Gasteiger partial charge on any atom is -0.506 e. The summed E-state index contributed by atoms with van der Waals surface area (Å²) in [6.07, 6.45) is 1.15. The van der Waals surface area contributed by atoms with Gasteiger partial charge in [-0.3, -0.25) is 0 Å². The van der Waals surface area contributed by atoms with E-state index < -0.39 is 26.1 Å². The SMILES string of the molecule is Cc1cc(Cl)cc(Cc2ccc(N3C=C(O)NS3(=O)=O)c(O)c2)c1CS(N)(=O)=O. The number of nitrogens with one attached hydrogen (secondary N) is 1. The van der Waals surface area contributed by atoms with E-state index in [-0.39, 0.29) is 23.6 Å². The monoisotopic (exact) mass is 459 g/mol. The number of hydrogen-bond donors (Lipinski definition) is 4. The van der Waals surface area contributed by atoms with Crippen LogP contribution in [0, 0.1) is 6.92 Å². The number of anilines is 1. The van der Waals surface area contributed by atoms with Gasteiger partial charge in [0, 0.05) is 5.02 Å². The summed E-state index contributed by atoms with van der Waals surface area (Å²) in [5.41, 5.74) is 2.32. The van der Waals surface area contributed by atoms with Gasteiger partial charge in [0.05, 0.1) is 12.0 Å². The van der Waals surface area contributed by atoms with Crippen LogP contribution in [0.3, 0.4) is 0 Å².